The van der Waals surface area contributed by atoms with Crippen LogP contribution >= 0.6 is 0 Å². The summed E-state index contributed by atoms with van der Waals surface area (Å²) in [6.45, 7) is 4.32. The van der Waals surface area contributed by atoms with E-state index in [0.29, 0.717) is 18.1 Å². The number of rotatable bonds is 8. The van der Waals surface area contributed by atoms with Gasteiger partial charge < -0.3 is 15.5 Å². The van der Waals surface area contributed by atoms with Crippen molar-refractivity contribution in [3.8, 4) is 16.9 Å². The molecule has 0 aliphatic carbocycles. The standard InChI is InChI=1S/C28H29N5O2/c1-3-17-32(28(35)29-23-14-10-11-21(2)18-23)20-27(34)30-26-19-25(22-12-6-4-7-13-22)31-33(26)24-15-8-5-9-16-24/h4-16,18-19H,3,17,20H2,1-2H3,(H,29,35)(H,30,34). The van der Waals surface area contributed by atoms with Crippen LogP contribution in [0.2, 0.25) is 0 Å². The number of nitrogens with one attached hydrogen (secondary N) is 2. The Morgan fingerprint density at radius 1 is 0.886 bits per heavy atom. The first-order chi connectivity index (χ1) is 17.0. The third kappa shape index (κ3) is 6.14. The minimum atomic E-state index is -0.311. The molecule has 7 heteroatoms. The summed E-state index contributed by atoms with van der Waals surface area (Å²) < 4.78 is 1.71. The van der Waals surface area contributed by atoms with Gasteiger partial charge in [-0.2, -0.15) is 5.10 Å². The number of urea groups is 1. The normalized spacial score (nSPS) is 10.6. The van der Waals surface area contributed by atoms with Crippen molar-refractivity contribution >= 4 is 23.4 Å². The van der Waals surface area contributed by atoms with Crippen molar-refractivity contribution in [2.24, 2.45) is 0 Å². The number of amides is 3. The van der Waals surface area contributed by atoms with E-state index in [0.717, 1.165) is 28.9 Å². The molecular weight excluding hydrogens is 438 g/mol. The van der Waals surface area contributed by atoms with Crippen LogP contribution in [-0.4, -0.2) is 39.7 Å². The van der Waals surface area contributed by atoms with E-state index in [1.165, 1.54) is 4.90 Å². The smallest absolute Gasteiger partial charge is 0.315 e. The van der Waals surface area contributed by atoms with E-state index in [2.05, 4.69) is 10.6 Å². The minimum absolute atomic E-state index is 0.0773. The molecule has 3 amide bonds. The first kappa shape index (κ1) is 23.8. The highest BCUT2D eigenvalue weighted by Crippen LogP contribution is 2.24. The fourth-order valence-electron chi connectivity index (χ4n) is 3.79. The largest absolute Gasteiger partial charge is 0.322 e. The van der Waals surface area contributed by atoms with Crippen LogP contribution in [0.1, 0.15) is 18.9 Å². The Morgan fingerprint density at radius 2 is 1.60 bits per heavy atom. The van der Waals surface area contributed by atoms with Crippen molar-refractivity contribution in [1.82, 2.24) is 14.7 Å². The number of carbonyl (C=O) groups excluding carboxylic acids is 2. The number of hydrogen-bond donors (Lipinski definition) is 2. The van der Waals surface area contributed by atoms with Gasteiger partial charge in [0.15, 0.2) is 0 Å². The van der Waals surface area contributed by atoms with E-state index < -0.39 is 0 Å². The van der Waals surface area contributed by atoms with Crippen molar-refractivity contribution in [1.29, 1.82) is 0 Å². The summed E-state index contributed by atoms with van der Waals surface area (Å²) in [5, 5.41) is 10.6. The summed E-state index contributed by atoms with van der Waals surface area (Å²) in [6, 6.07) is 28.5. The van der Waals surface area contributed by atoms with Crippen LogP contribution in [0.4, 0.5) is 16.3 Å². The number of benzene rings is 3. The molecule has 0 aliphatic heterocycles. The van der Waals surface area contributed by atoms with E-state index >= 15 is 0 Å². The number of para-hydroxylation sites is 1. The molecule has 0 unspecified atom stereocenters. The van der Waals surface area contributed by atoms with Gasteiger partial charge in [-0.3, -0.25) is 4.79 Å². The van der Waals surface area contributed by atoms with Crippen molar-refractivity contribution in [3.05, 3.63) is 96.6 Å². The summed E-state index contributed by atoms with van der Waals surface area (Å²) in [7, 11) is 0. The van der Waals surface area contributed by atoms with Gasteiger partial charge in [-0.25, -0.2) is 9.48 Å². The Bertz CT molecular complexity index is 1290. The zero-order chi connectivity index (χ0) is 24.6. The average molecular weight is 468 g/mol. The van der Waals surface area contributed by atoms with Gasteiger partial charge in [-0.15, -0.1) is 0 Å². The second kappa shape index (κ2) is 11.2. The average Bonchev–Trinajstić information content (AvgIpc) is 3.28. The van der Waals surface area contributed by atoms with Crippen LogP contribution in [0.5, 0.6) is 0 Å². The molecule has 35 heavy (non-hydrogen) atoms. The SMILES string of the molecule is CCCN(CC(=O)Nc1cc(-c2ccccc2)nn1-c1ccccc1)C(=O)Nc1cccc(C)c1. The molecule has 1 aromatic heterocycles. The molecule has 0 radical (unpaired) electrons. The summed E-state index contributed by atoms with van der Waals surface area (Å²) in [5.41, 5.74) is 4.26. The van der Waals surface area contributed by atoms with Crippen molar-refractivity contribution in [2.75, 3.05) is 23.7 Å². The molecule has 2 N–H and O–H groups in total. The molecule has 7 nitrogen and oxygen atoms in total. The molecule has 4 rings (SSSR count). The maximum atomic E-state index is 13.1. The van der Waals surface area contributed by atoms with Gasteiger partial charge in [0.25, 0.3) is 0 Å². The second-order valence-electron chi connectivity index (χ2n) is 8.30. The molecule has 0 saturated heterocycles. The Kier molecular flexibility index (Phi) is 7.57. The number of aromatic nitrogens is 2. The number of anilines is 2. The van der Waals surface area contributed by atoms with Crippen LogP contribution < -0.4 is 10.6 Å². The zero-order valence-corrected chi connectivity index (χ0v) is 19.9. The van der Waals surface area contributed by atoms with Crippen LogP contribution in [-0.2, 0) is 4.79 Å². The molecule has 3 aromatic carbocycles. The zero-order valence-electron chi connectivity index (χ0n) is 19.9. The minimum Gasteiger partial charge on any atom is -0.315 e. The maximum absolute atomic E-state index is 13.1. The summed E-state index contributed by atoms with van der Waals surface area (Å²) in [4.78, 5) is 27.5. The molecule has 0 spiro atoms. The third-order valence-corrected chi connectivity index (χ3v) is 5.43. The molecule has 0 atom stereocenters. The Morgan fingerprint density at radius 3 is 2.29 bits per heavy atom. The van der Waals surface area contributed by atoms with Crippen LogP contribution in [0.25, 0.3) is 16.9 Å². The fraction of sp³-hybridized carbons (Fsp3) is 0.179. The summed E-state index contributed by atoms with van der Waals surface area (Å²) >= 11 is 0. The fourth-order valence-corrected chi connectivity index (χ4v) is 3.79. The van der Waals surface area contributed by atoms with Gasteiger partial charge in [0.2, 0.25) is 5.91 Å². The van der Waals surface area contributed by atoms with Gasteiger partial charge in [0, 0.05) is 23.9 Å². The lowest BCUT2D eigenvalue weighted by atomic mass is 10.1. The predicted molar refractivity (Wildman–Crippen MR) is 140 cm³/mol. The topological polar surface area (TPSA) is 79.3 Å². The number of nitrogens with zero attached hydrogens (tertiary/aromatic N) is 3. The van der Waals surface area contributed by atoms with E-state index in [1.807, 2.05) is 105 Å². The van der Waals surface area contributed by atoms with Crippen LogP contribution in [0.15, 0.2) is 91.0 Å². The molecule has 0 fully saturated rings. The molecule has 178 valence electrons. The van der Waals surface area contributed by atoms with Crippen molar-refractivity contribution < 1.29 is 9.59 Å². The van der Waals surface area contributed by atoms with E-state index in [9.17, 15) is 9.59 Å². The van der Waals surface area contributed by atoms with Gasteiger partial charge in [-0.1, -0.05) is 67.6 Å². The highest BCUT2D eigenvalue weighted by atomic mass is 16.2. The number of hydrogen-bond acceptors (Lipinski definition) is 3. The Hall–Kier alpha value is -4.39. The van der Waals surface area contributed by atoms with Crippen molar-refractivity contribution in [2.45, 2.75) is 20.3 Å². The van der Waals surface area contributed by atoms with Crippen LogP contribution in [0, 0.1) is 6.92 Å². The van der Waals surface area contributed by atoms with Gasteiger partial charge in [-0.05, 0) is 43.2 Å². The first-order valence-corrected chi connectivity index (χ1v) is 11.7. The number of aryl methyl sites for hydroxylation is 1. The van der Waals surface area contributed by atoms with E-state index in [1.54, 1.807) is 4.68 Å². The Labute approximate surface area is 205 Å². The van der Waals surface area contributed by atoms with Gasteiger partial charge in [0.1, 0.15) is 12.4 Å². The lowest BCUT2D eigenvalue weighted by Crippen LogP contribution is -2.41. The second-order valence-corrected chi connectivity index (χ2v) is 8.30. The molecule has 1 heterocycles. The van der Waals surface area contributed by atoms with Crippen molar-refractivity contribution in [3.63, 3.8) is 0 Å². The third-order valence-electron chi connectivity index (χ3n) is 5.43. The van der Waals surface area contributed by atoms with Gasteiger partial charge in [0.05, 0.1) is 11.4 Å². The van der Waals surface area contributed by atoms with Gasteiger partial charge >= 0.3 is 6.03 Å². The van der Waals surface area contributed by atoms with Crippen LogP contribution in [0.3, 0.4) is 0 Å². The molecular formula is C28H29N5O2. The summed E-state index contributed by atoms with van der Waals surface area (Å²) in [6.07, 6.45) is 0.731. The monoisotopic (exact) mass is 467 g/mol. The molecule has 0 saturated carbocycles. The highest BCUT2D eigenvalue weighted by Gasteiger charge is 2.19. The first-order valence-electron chi connectivity index (χ1n) is 11.7. The Balaban J connectivity index is 1.53. The lowest BCUT2D eigenvalue weighted by molar-refractivity contribution is -0.116. The molecule has 0 aliphatic rings. The van der Waals surface area contributed by atoms with E-state index in [-0.39, 0.29) is 18.5 Å². The lowest BCUT2D eigenvalue weighted by Gasteiger charge is -2.22. The molecule has 0 bridgehead atoms. The maximum Gasteiger partial charge on any atom is 0.322 e. The predicted octanol–water partition coefficient (Wildman–Crippen LogP) is 5.73. The summed E-state index contributed by atoms with van der Waals surface area (Å²) in [5.74, 6) is 0.241. The number of carbonyl (C=O) groups is 2. The molecule has 4 aromatic rings. The quantitative estimate of drug-likeness (QED) is 0.347. The highest BCUT2D eigenvalue weighted by molar-refractivity contribution is 5.97. The van der Waals surface area contributed by atoms with E-state index in [4.69, 9.17) is 5.10 Å².